The first kappa shape index (κ1) is 16.8. The highest BCUT2D eigenvalue weighted by Gasteiger charge is 2.18. The van der Waals surface area contributed by atoms with Gasteiger partial charge in [-0.15, -0.1) is 0 Å². The van der Waals surface area contributed by atoms with Crippen LogP contribution >= 0.6 is 0 Å². The van der Waals surface area contributed by atoms with Gasteiger partial charge in [-0.2, -0.15) is 5.10 Å². The fourth-order valence-electron chi connectivity index (χ4n) is 2.58. The Morgan fingerprint density at radius 2 is 2.36 bits per heavy atom. The average Bonchev–Trinajstić information content (AvgIpc) is 3.11. The van der Waals surface area contributed by atoms with E-state index in [1.807, 2.05) is 36.0 Å². The van der Waals surface area contributed by atoms with E-state index < -0.39 is 0 Å². The zero-order valence-electron chi connectivity index (χ0n) is 14.0. The minimum Gasteiger partial charge on any atom is -0.482 e. The van der Waals surface area contributed by atoms with Gasteiger partial charge in [-0.25, -0.2) is 4.79 Å². The first-order chi connectivity index (χ1) is 12.1. The van der Waals surface area contributed by atoms with Crippen LogP contribution in [0, 0.1) is 0 Å². The number of rotatable bonds is 6. The summed E-state index contributed by atoms with van der Waals surface area (Å²) in [6.45, 7) is 3.23. The zero-order chi connectivity index (χ0) is 17.6. The fraction of sp³-hybridized carbons (Fsp3) is 0.353. The molecule has 8 heteroatoms. The lowest BCUT2D eigenvalue weighted by Crippen LogP contribution is -2.37. The Bertz CT molecular complexity index is 745. The molecule has 1 aromatic carbocycles. The Labute approximate surface area is 145 Å². The normalized spacial score (nSPS) is 14.0. The number of nitrogens with one attached hydrogen (secondary N) is 3. The highest BCUT2D eigenvalue weighted by atomic mass is 16.5. The van der Waals surface area contributed by atoms with Gasteiger partial charge in [0.05, 0.1) is 11.7 Å². The van der Waals surface area contributed by atoms with E-state index in [2.05, 4.69) is 21.0 Å². The molecule has 0 aliphatic carbocycles. The summed E-state index contributed by atoms with van der Waals surface area (Å²) in [5, 5.41) is 12.6. The summed E-state index contributed by atoms with van der Waals surface area (Å²) in [7, 11) is 0. The van der Waals surface area contributed by atoms with E-state index in [-0.39, 0.29) is 24.6 Å². The van der Waals surface area contributed by atoms with Crippen molar-refractivity contribution in [2.75, 3.05) is 18.5 Å². The molecule has 0 unspecified atom stereocenters. The van der Waals surface area contributed by atoms with Crippen molar-refractivity contribution >= 4 is 17.6 Å². The van der Waals surface area contributed by atoms with Gasteiger partial charge in [0.15, 0.2) is 6.61 Å². The Balaban J connectivity index is 1.46. The molecule has 0 saturated carbocycles. The molecule has 3 amide bonds. The molecular weight excluding hydrogens is 322 g/mol. The molecule has 0 spiro atoms. The lowest BCUT2D eigenvalue weighted by Gasteiger charge is -2.21. The maximum atomic E-state index is 12.0. The number of aromatic nitrogens is 2. The van der Waals surface area contributed by atoms with E-state index in [0.717, 1.165) is 18.5 Å². The molecule has 2 aromatic rings. The van der Waals surface area contributed by atoms with Crippen molar-refractivity contribution in [3.05, 3.63) is 42.2 Å². The number of urea groups is 1. The molecule has 25 heavy (non-hydrogen) atoms. The number of aryl methyl sites for hydroxylation is 1. The molecule has 8 nitrogen and oxygen atoms in total. The van der Waals surface area contributed by atoms with Crippen LogP contribution in [0.5, 0.6) is 5.75 Å². The molecule has 2 heterocycles. The summed E-state index contributed by atoms with van der Waals surface area (Å²) in [5.41, 5.74) is 1.51. The van der Waals surface area contributed by atoms with Crippen LogP contribution in [-0.4, -0.2) is 34.9 Å². The lowest BCUT2D eigenvalue weighted by atomic mass is 10.1. The predicted octanol–water partition coefficient (Wildman–Crippen LogP) is 1.66. The molecule has 1 atom stereocenters. The van der Waals surface area contributed by atoms with E-state index >= 15 is 0 Å². The first-order valence-electron chi connectivity index (χ1n) is 8.20. The standard InChI is InChI=1S/C17H21N5O3/c1-12(13-4-5-15-14(10-13)21-16(23)11-25-15)20-17(24)18-6-2-8-22-9-3-7-19-22/h3-5,7,9-10,12H,2,6,8,11H2,1H3,(H,21,23)(H2,18,20,24)/t12-/m0/s1. The number of hydrogen-bond acceptors (Lipinski definition) is 4. The van der Waals surface area contributed by atoms with Crippen molar-refractivity contribution < 1.29 is 14.3 Å². The number of ether oxygens (including phenoxy) is 1. The van der Waals surface area contributed by atoms with E-state index in [0.29, 0.717) is 18.0 Å². The van der Waals surface area contributed by atoms with Crippen molar-refractivity contribution in [2.45, 2.75) is 25.9 Å². The van der Waals surface area contributed by atoms with Crippen LogP contribution in [0.2, 0.25) is 0 Å². The molecule has 132 valence electrons. The van der Waals surface area contributed by atoms with E-state index in [9.17, 15) is 9.59 Å². The van der Waals surface area contributed by atoms with Crippen LogP contribution in [-0.2, 0) is 11.3 Å². The first-order valence-corrected chi connectivity index (χ1v) is 8.20. The van der Waals surface area contributed by atoms with Crippen molar-refractivity contribution in [2.24, 2.45) is 0 Å². The van der Waals surface area contributed by atoms with E-state index in [1.165, 1.54) is 0 Å². The highest BCUT2D eigenvalue weighted by molar-refractivity contribution is 5.95. The van der Waals surface area contributed by atoms with Gasteiger partial charge in [-0.1, -0.05) is 6.07 Å². The molecule has 3 N–H and O–H groups in total. The lowest BCUT2D eigenvalue weighted by molar-refractivity contribution is -0.118. The third kappa shape index (κ3) is 4.50. The smallest absolute Gasteiger partial charge is 0.315 e. The van der Waals surface area contributed by atoms with E-state index in [4.69, 9.17) is 4.74 Å². The molecule has 1 aliphatic rings. The number of amides is 3. The van der Waals surface area contributed by atoms with Crippen LogP contribution in [0.1, 0.15) is 24.9 Å². The second kappa shape index (κ2) is 7.69. The maximum Gasteiger partial charge on any atom is 0.315 e. The van der Waals surface area contributed by atoms with Gasteiger partial charge in [0, 0.05) is 25.5 Å². The maximum absolute atomic E-state index is 12.0. The summed E-state index contributed by atoms with van der Waals surface area (Å²) in [6.07, 6.45) is 4.42. The van der Waals surface area contributed by atoms with Crippen LogP contribution in [0.15, 0.2) is 36.7 Å². The summed E-state index contributed by atoms with van der Waals surface area (Å²) in [4.78, 5) is 23.4. The molecule has 3 rings (SSSR count). The zero-order valence-corrected chi connectivity index (χ0v) is 14.0. The monoisotopic (exact) mass is 343 g/mol. The van der Waals surface area contributed by atoms with Gasteiger partial charge < -0.3 is 20.7 Å². The molecule has 0 bridgehead atoms. The summed E-state index contributed by atoms with van der Waals surface area (Å²) in [5.74, 6) is 0.457. The van der Waals surface area contributed by atoms with Crippen LogP contribution < -0.4 is 20.7 Å². The summed E-state index contributed by atoms with van der Waals surface area (Å²) in [6, 6.07) is 6.92. The molecule has 1 aromatic heterocycles. The van der Waals surface area contributed by atoms with Crippen molar-refractivity contribution in [3.63, 3.8) is 0 Å². The number of nitrogens with zero attached hydrogens (tertiary/aromatic N) is 2. The summed E-state index contributed by atoms with van der Waals surface area (Å²) < 4.78 is 7.15. The minimum absolute atomic E-state index is 0.0289. The third-order valence-corrected chi connectivity index (χ3v) is 3.89. The Morgan fingerprint density at radius 3 is 3.16 bits per heavy atom. The quantitative estimate of drug-likeness (QED) is 0.695. The number of hydrogen-bond donors (Lipinski definition) is 3. The largest absolute Gasteiger partial charge is 0.482 e. The van der Waals surface area contributed by atoms with Crippen LogP contribution in [0.25, 0.3) is 0 Å². The predicted molar refractivity (Wildman–Crippen MR) is 92.4 cm³/mol. The topological polar surface area (TPSA) is 97.3 Å². The van der Waals surface area contributed by atoms with Crippen LogP contribution in [0.3, 0.4) is 0 Å². The number of carbonyl (C=O) groups excluding carboxylic acids is 2. The van der Waals surface area contributed by atoms with Crippen molar-refractivity contribution in [1.29, 1.82) is 0 Å². The molecule has 0 radical (unpaired) electrons. The number of benzene rings is 1. The van der Waals surface area contributed by atoms with Gasteiger partial charge in [-0.05, 0) is 37.1 Å². The van der Waals surface area contributed by atoms with Crippen LogP contribution in [0.4, 0.5) is 10.5 Å². The Hall–Kier alpha value is -3.03. The molecule has 0 fully saturated rings. The molecule has 0 saturated heterocycles. The highest BCUT2D eigenvalue weighted by Crippen LogP contribution is 2.30. The van der Waals surface area contributed by atoms with Gasteiger partial charge in [0.25, 0.3) is 5.91 Å². The fourth-order valence-corrected chi connectivity index (χ4v) is 2.58. The summed E-state index contributed by atoms with van der Waals surface area (Å²) >= 11 is 0. The number of carbonyl (C=O) groups is 2. The van der Waals surface area contributed by atoms with Gasteiger partial charge >= 0.3 is 6.03 Å². The molecular formula is C17H21N5O3. The number of fused-ring (bicyclic) bond motifs is 1. The van der Waals surface area contributed by atoms with Crippen molar-refractivity contribution in [3.8, 4) is 5.75 Å². The van der Waals surface area contributed by atoms with Crippen molar-refractivity contribution in [1.82, 2.24) is 20.4 Å². The second-order valence-corrected chi connectivity index (χ2v) is 5.84. The Kier molecular flexibility index (Phi) is 5.17. The van der Waals surface area contributed by atoms with Gasteiger partial charge in [0.2, 0.25) is 0 Å². The van der Waals surface area contributed by atoms with E-state index in [1.54, 1.807) is 12.3 Å². The molecule has 1 aliphatic heterocycles. The third-order valence-electron chi connectivity index (χ3n) is 3.89. The minimum atomic E-state index is -0.231. The second-order valence-electron chi connectivity index (χ2n) is 5.84. The Morgan fingerprint density at radius 1 is 1.48 bits per heavy atom. The SMILES string of the molecule is C[C@H](NC(=O)NCCCn1cccn1)c1ccc2c(c1)NC(=O)CO2. The average molecular weight is 343 g/mol. The number of anilines is 1. The van der Waals surface area contributed by atoms with Gasteiger partial charge in [-0.3, -0.25) is 9.48 Å². The van der Waals surface area contributed by atoms with Gasteiger partial charge in [0.1, 0.15) is 5.75 Å².